The van der Waals surface area contributed by atoms with Crippen molar-refractivity contribution in [2.45, 2.75) is 6.04 Å². The highest BCUT2D eigenvalue weighted by atomic mass is 79.9. The third kappa shape index (κ3) is 3.16. The predicted molar refractivity (Wildman–Crippen MR) is 80.8 cm³/mol. The first kappa shape index (κ1) is 14.5. The summed E-state index contributed by atoms with van der Waals surface area (Å²) < 4.78 is 20.4. The highest BCUT2D eigenvalue weighted by Crippen LogP contribution is 2.33. The summed E-state index contributed by atoms with van der Waals surface area (Å²) in [5.41, 5.74) is 7.70. The Bertz CT molecular complexity index is 604. The molecule has 0 radical (unpaired) electrons. The van der Waals surface area contributed by atoms with Crippen LogP contribution in [0.3, 0.4) is 0 Å². The molecule has 2 rings (SSSR count). The van der Waals surface area contributed by atoms with Crippen LogP contribution in [0, 0.1) is 5.82 Å². The first-order valence-corrected chi connectivity index (χ1v) is 7.15. The van der Waals surface area contributed by atoms with Gasteiger partial charge in [0.05, 0.1) is 13.2 Å². The van der Waals surface area contributed by atoms with Gasteiger partial charge in [-0.05, 0) is 35.9 Å². The van der Waals surface area contributed by atoms with Crippen molar-refractivity contribution < 1.29 is 9.13 Å². The SMILES string of the molecule is COc1ccc(F)cc1C(N)c1ccc(Br)cc1Br. The van der Waals surface area contributed by atoms with E-state index < -0.39 is 6.04 Å². The van der Waals surface area contributed by atoms with Gasteiger partial charge in [0.25, 0.3) is 0 Å². The minimum absolute atomic E-state index is 0.334. The molecule has 5 heteroatoms. The van der Waals surface area contributed by atoms with Crippen molar-refractivity contribution in [2.24, 2.45) is 5.73 Å². The summed E-state index contributed by atoms with van der Waals surface area (Å²) in [5, 5.41) is 0. The molecule has 0 bridgehead atoms. The fraction of sp³-hybridized carbons (Fsp3) is 0.143. The maximum absolute atomic E-state index is 13.4. The normalized spacial score (nSPS) is 12.3. The van der Waals surface area contributed by atoms with Crippen LogP contribution in [0.25, 0.3) is 0 Å². The van der Waals surface area contributed by atoms with Crippen LogP contribution in [-0.2, 0) is 0 Å². The van der Waals surface area contributed by atoms with Gasteiger partial charge in [0.2, 0.25) is 0 Å². The van der Waals surface area contributed by atoms with Gasteiger partial charge in [-0.25, -0.2) is 4.39 Å². The number of methoxy groups -OCH3 is 1. The fourth-order valence-electron chi connectivity index (χ4n) is 1.87. The van der Waals surface area contributed by atoms with Crippen LogP contribution in [0.15, 0.2) is 45.3 Å². The standard InChI is InChI=1S/C14H12Br2FNO/c1-19-13-5-3-9(17)7-11(13)14(18)10-4-2-8(15)6-12(10)16/h2-7,14H,18H2,1H3. The maximum atomic E-state index is 13.4. The topological polar surface area (TPSA) is 35.2 Å². The zero-order valence-corrected chi connectivity index (χ0v) is 13.3. The number of nitrogens with two attached hydrogens (primary N) is 1. The number of hydrogen-bond acceptors (Lipinski definition) is 2. The van der Waals surface area contributed by atoms with Crippen LogP contribution in [0.4, 0.5) is 4.39 Å². The number of rotatable bonds is 3. The molecule has 0 aliphatic rings. The second kappa shape index (κ2) is 6.03. The lowest BCUT2D eigenvalue weighted by molar-refractivity contribution is 0.406. The lowest BCUT2D eigenvalue weighted by Gasteiger charge is -2.17. The van der Waals surface area contributed by atoms with Crippen LogP contribution in [0.1, 0.15) is 17.2 Å². The first-order valence-electron chi connectivity index (χ1n) is 5.57. The Labute approximate surface area is 128 Å². The summed E-state index contributed by atoms with van der Waals surface area (Å²) >= 11 is 6.85. The monoisotopic (exact) mass is 387 g/mol. The average molecular weight is 389 g/mol. The van der Waals surface area contributed by atoms with E-state index in [1.165, 1.54) is 12.1 Å². The van der Waals surface area contributed by atoms with Crippen molar-refractivity contribution >= 4 is 31.9 Å². The minimum atomic E-state index is -0.465. The van der Waals surface area contributed by atoms with Gasteiger partial charge in [0, 0.05) is 14.5 Å². The van der Waals surface area contributed by atoms with E-state index in [0.717, 1.165) is 14.5 Å². The summed E-state index contributed by atoms with van der Waals surface area (Å²) in [7, 11) is 1.54. The molecule has 0 fully saturated rings. The molecule has 1 unspecified atom stereocenters. The van der Waals surface area contributed by atoms with Crippen LogP contribution in [0.2, 0.25) is 0 Å². The van der Waals surface area contributed by atoms with Gasteiger partial charge >= 0.3 is 0 Å². The lowest BCUT2D eigenvalue weighted by Crippen LogP contribution is -2.14. The van der Waals surface area contributed by atoms with Gasteiger partial charge in [-0.1, -0.05) is 37.9 Å². The second-order valence-corrected chi connectivity index (χ2v) is 5.80. The van der Waals surface area contributed by atoms with Gasteiger partial charge in [0.1, 0.15) is 11.6 Å². The zero-order chi connectivity index (χ0) is 14.0. The highest BCUT2D eigenvalue weighted by molar-refractivity contribution is 9.11. The third-order valence-electron chi connectivity index (χ3n) is 2.82. The van der Waals surface area contributed by atoms with Gasteiger partial charge in [0.15, 0.2) is 0 Å². The Kier molecular flexibility index (Phi) is 4.60. The van der Waals surface area contributed by atoms with Crippen molar-refractivity contribution in [1.82, 2.24) is 0 Å². The number of halogens is 3. The lowest BCUT2D eigenvalue weighted by atomic mass is 9.98. The van der Waals surface area contributed by atoms with Crippen molar-refractivity contribution in [3.63, 3.8) is 0 Å². The van der Waals surface area contributed by atoms with E-state index >= 15 is 0 Å². The van der Waals surface area contributed by atoms with E-state index in [1.807, 2.05) is 18.2 Å². The molecular weight excluding hydrogens is 377 g/mol. The molecule has 0 heterocycles. The molecule has 0 amide bonds. The Hall–Kier alpha value is -0.910. The van der Waals surface area contributed by atoms with E-state index in [1.54, 1.807) is 13.2 Å². The largest absolute Gasteiger partial charge is 0.496 e. The molecule has 0 aromatic heterocycles. The van der Waals surface area contributed by atoms with Crippen molar-refractivity contribution in [1.29, 1.82) is 0 Å². The van der Waals surface area contributed by atoms with Crippen LogP contribution >= 0.6 is 31.9 Å². The Morgan fingerprint density at radius 1 is 1.11 bits per heavy atom. The molecule has 2 aromatic carbocycles. The van der Waals surface area contributed by atoms with Gasteiger partial charge in [-0.15, -0.1) is 0 Å². The van der Waals surface area contributed by atoms with Crippen LogP contribution < -0.4 is 10.5 Å². The first-order chi connectivity index (χ1) is 9.02. The van der Waals surface area contributed by atoms with E-state index in [0.29, 0.717) is 11.3 Å². The molecular formula is C14H12Br2FNO. The summed E-state index contributed by atoms with van der Waals surface area (Å²) in [6.07, 6.45) is 0. The molecule has 1 atom stereocenters. The van der Waals surface area contributed by atoms with Crippen LogP contribution in [-0.4, -0.2) is 7.11 Å². The molecule has 19 heavy (non-hydrogen) atoms. The highest BCUT2D eigenvalue weighted by Gasteiger charge is 2.17. The van der Waals surface area contributed by atoms with Crippen molar-refractivity contribution in [3.8, 4) is 5.75 Å². The van der Waals surface area contributed by atoms with E-state index in [9.17, 15) is 4.39 Å². The molecule has 2 nitrogen and oxygen atoms in total. The summed E-state index contributed by atoms with van der Waals surface area (Å²) in [4.78, 5) is 0. The molecule has 2 N–H and O–H groups in total. The number of benzene rings is 2. The zero-order valence-electron chi connectivity index (χ0n) is 10.2. The Morgan fingerprint density at radius 3 is 2.47 bits per heavy atom. The summed E-state index contributed by atoms with van der Waals surface area (Å²) in [6, 6.07) is 9.56. The molecule has 0 spiro atoms. The minimum Gasteiger partial charge on any atom is -0.496 e. The van der Waals surface area contributed by atoms with Gasteiger partial charge in [-0.3, -0.25) is 0 Å². The van der Waals surface area contributed by atoms with E-state index in [-0.39, 0.29) is 5.82 Å². The van der Waals surface area contributed by atoms with Crippen molar-refractivity contribution in [3.05, 3.63) is 62.3 Å². The van der Waals surface area contributed by atoms with E-state index in [4.69, 9.17) is 10.5 Å². The molecule has 0 saturated carbocycles. The summed E-state index contributed by atoms with van der Waals surface area (Å²) in [6.45, 7) is 0. The van der Waals surface area contributed by atoms with Gasteiger partial charge < -0.3 is 10.5 Å². The summed E-state index contributed by atoms with van der Waals surface area (Å²) in [5.74, 6) is 0.239. The second-order valence-electron chi connectivity index (χ2n) is 4.03. The molecule has 2 aromatic rings. The predicted octanol–water partition coefficient (Wildman–Crippen LogP) is 4.41. The quantitative estimate of drug-likeness (QED) is 0.845. The maximum Gasteiger partial charge on any atom is 0.124 e. The van der Waals surface area contributed by atoms with Crippen LogP contribution in [0.5, 0.6) is 5.75 Å². The average Bonchev–Trinajstić information content (AvgIpc) is 2.38. The number of hydrogen-bond donors (Lipinski definition) is 1. The van der Waals surface area contributed by atoms with Gasteiger partial charge in [-0.2, -0.15) is 0 Å². The van der Waals surface area contributed by atoms with Crippen molar-refractivity contribution in [2.75, 3.05) is 7.11 Å². The molecule has 0 aliphatic carbocycles. The molecule has 0 aliphatic heterocycles. The number of ether oxygens (including phenoxy) is 1. The Balaban J connectivity index is 2.49. The molecule has 0 saturated heterocycles. The fourth-order valence-corrected chi connectivity index (χ4v) is 3.16. The Morgan fingerprint density at radius 2 is 1.84 bits per heavy atom. The molecule has 100 valence electrons. The van der Waals surface area contributed by atoms with E-state index in [2.05, 4.69) is 31.9 Å². The third-order valence-corrected chi connectivity index (χ3v) is 4.00. The smallest absolute Gasteiger partial charge is 0.124 e.